The van der Waals surface area contributed by atoms with Gasteiger partial charge in [0, 0.05) is 22.5 Å². The molecule has 8 heteroatoms. The molecule has 34 heavy (non-hydrogen) atoms. The minimum Gasteiger partial charge on any atom is -0.351 e. The van der Waals surface area contributed by atoms with Crippen LogP contribution in [-0.4, -0.2) is 17.9 Å². The van der Waals surface area contributed by atoms with Gasteiger partial charge in [-0.25, -0.2) is 0 Å². The smallest absolute Gasteiger partial charge is 0.351 e. The fraction of sp³-hybridized carbons (Fsp3) is 0.0385. The Morgan fingerprint density at radius 2 is 1.47 bits per heavy atom. The number of nitriles is 1. The van der Waals surface area contributed by atoms with Crippen molar-refractivity contribution in [1.82, 2.24) is 0 Å². The number of rotatable bonds is 7. The Labute approximate surface area is 193 Å². The third-order valence-electron chi connectivity index (χ3n) is 4.62. The molecule has 3 aromatic rings. The lowest BCUT2D eigenvalue weighted by molar-refractivity contribution is -0.112. The molecule has 5 nitrogen and oxygen atoms in total. The summed E-state index contributed by atoms with van der Waals surface area (Å²) in [6.45, 7) is 2.98. The SMILES string of the molecule is C=C(/C=C(\Nc1cccc(C#N)c1)C(=O)Nc1cccc(C(=O)c2ccccc2)c1)C(F)(F)F. The highest BCUT2D eigenvalue weighted by atomic mass is 19.4. The number of hydrogen-bond acceptors (Lipinski definition) is 4. The summed E-state index contributed by atoms with van der Waals surface area (Å²) in [4.78, 5) is 25.6. The van der Waals surface area contributed by atoms with E-state index in [-0.39, 0.29) is 22.7 Å². The molecule has 3 aromatic carbocycles. The summed E-state index contributed by atoms with van der Waals surface area (Å²) in [7, 11) is 0. The van der Waals surface area contributed by atoms with E-state index in [1.165, 1.54) is 36.4 Å². The number of nitrogens with zero attached hydrogens (tertiary/aromatic N) is 1. The predicted octanol–water partition coefficient (Wildman–Crippen LogP) is 5.84. The lowest BCUT2D eigenvalue weighted by Crippen LogP contribution is -2.22. The molecule has 0 aliphatic heterocycles. The molecular weight excluding hydrogens is 443 g/mol. The van der Waals surface area contributed by atoms with E-state index in [4.69, 9.17) is 5.26 Å². The molecule has 0 unspecified atom stereocenters. The lowest BCUT2D eigenvalue weighted by atomic mass is 10.0. The molecule has 1 amide bonds. The van der Waals surface area contributed by atoms with E-state index in [0.29, 0.717) is 17.2 Å². The molecule has 2 N–H and O–H groups in total. The van der Waals surface area contributed by atoms with Crippen LogP contribution in [-0.2, 0) is 4.79 Å². The summed E-state index contributed by atoms with van der Waals surface area (Å²) < 4.78 is 39.2. The number of carbonyl (C=O) groups is 2. The Hall–Kier alpha value is -4.64. The van der Waals surface area contributed by atoms with Crippen LogP contribution in [0.3, 0.4) is 0 Å². The number of ketones is 1. The van der Waals surface area contributed by atoms with Gasteiger partial charge in [-0.15, -0.1) is 0 Å². The highest BCUT2D eigenvalue weighted by molar-refractivity contribution is 6.10. The fourth-order valence-corrected chi connectivity index (χ4v) is 2.93. The third-order valence-corrected chi connectivity index (χ3v) is 4.62. The van der Waals surface area contributed by atoms with E-state index in [2.05, 4.69) is 17.2 Å². The number of allylic oxidation sites excluding steroid dienone is 2. The average Bonchev–Trinajstić information content (AvgIpc) is 2.83. The number of amides is 1. The van der Waals surface area contributed by atoms with E-state index < -0.39 is 23.4 Å². The Morgan fingerprint density at radius 3 is 2.12 bits per heavy atom. The van der Waals surface area contributed by atoms with Crippen LogP contribution >= 0.6 is 0 Å². The van der Waals surface area contributed by atoms with Crippen LogP contribution in [0.4, 0.5) is 24.5 Å². The highest BCUT2D eigenvalue weighted by Crippen LogP contribution is 2.27. The first kappa shape index (κ1) is 24.0. The summed E-state index contributed by atoms with van der Waals surface area (Å²) in [5.74, 6) is -1.17. The average molecular weight is 461 g/mol. The molecule has 170 valence electrons. The van der Waals surface area contributed by atoms with Crippen molar-refractivity contribution in [2.75, 3.05) is 10.6 Å². The molecule has 0 bridgehead atoms. The fourth-order valence-electron chi connectivity index (χ4n) is 2.93. The van der Waals surface area contributed by atoms with Crippen LogP contribution in [0.25, 0.3) is 0 Å². The number of alkyl halides is 3. The quantitative estimate of drug-likeness (QED) is 0.263. The standard InChI is InChI=1S/C26H18F3N3O2/c1-17(26(27,28)29)13-23(31-21-11-5-7-18(14-21)16-30)25(34)32-22-12-6-10-20(15-22)24(33)19-8-3-2-4-9-19/h2-15,31H,1H2,(H,32,34)/b23-13-. The van der Waals surface area contributed by atoms with Crippen LogP contribution in [0.1, 0.15) is 21.5 Å². The molecular formula is C26H18F3N3O2. The molecule has 0 aliphatic carbocycles. The zero-order valence-corrected chi connectivity index (χ0v) is 17.7. The lowest BCUT2D eigenvalue weighted by Gasteiger charge is -2.14. The third kappa shape index (κ3) is 6.20. The van der Waals surface area contributed by atoms with Gasteiger partial charge in [0.25, 0.3) is 5.91 Å². The molecule has 0 spiro atoms. The molecule has 0 saturated heterocycles. The van der Waals surface area contributed by atoms with Gasteiger partial charge in [0.1, 0.15) is 5.70 Å². The first-order valence-corrected chi connectivity index (χ1v) is 9.93. The van der Waals surface area contributed by atoms with Gasteiger partial charge in [0.05, 0.1) is 17.2 Å². The Kier molecular flexibility index (Phi) is 7.29. The maximum absolute atomic E-state index is 13.1. The van der Waals surface area contributed by atoms with Gasteiger partial charge in [0.2, 0.25) is 0 Å². The molecule has 0 radical (unpaired) electrons. The molecule has 0 aliphatic rings. The molecule has 0 saturated carbocycles. The molecule has 0 fully saturated rings. The van der Waals surface area contributed by atoms with Gasteiger partial charge in [-0.2, -0.15) is 18.4 Å². The largest absolute Gasteiger partial charge is 0.415 e. The number of nitrogens with one attached hydrogen (secondary N) is 2. The van der Waals surface area contributed by atoms with Crippen molar-refractivity contribution in [2.24, 2.45) is 0 Å². The van der Waals surface area contributed by atoms with Gasteiger partial charge < -0.3 is 10.6 Å². The van der Waals surface area contributed by atoms with Crippen LogP contribution in [0, 0.1) is 11.3 Å². The zero-order chi connectivity index (χ0) is 24.7. The maximum Gasteiger partial charge on any atom is 0.415 e. The monoisotopic (exact) mass is 461 g/mol. The van der Waals surface area contributed by atoms with Gasteiger partial charge in [0.15, 0.2) is 5.78 Å². The van der Waals surface area contributed by atoms with E-state index in [0.717, 1.165) is 0 Å². The molecule has 3 rings (SSSR count). The summed E-state index contributed by atoms with van der Waals surface area (Å²) in [6.07, 6.45) is -4.17. The number of hydrogen-bond donors (Lipinski definition) is 2. The molecule has 0 aromatic heterocycles. The Bertz CT molecular complexity index is 1310. The Balaban J connectivity index is 1.88. The summed E-state index contributed by atoms with van der Waals surface area (Å²) in [6, 6.07) is 22.4. The number of carbonyl (C=O) groups excluding carboxylic acids is 2. The Morgan fingerprint density at radius 1 is 0.853 bits per heavy atom. The number of benzene rings is 3. The summed E-state index contributed by atoms with van der Waals surface area (Å²) in [5.41, 5.74) is -0.236. The molecule has 0 atom stereocenters. The number of halogens is 3. The number of anilines is 2. The first-order chi connectivity index (χ1) is 16.2. The van der Waals surface area contributed by atoms with Gasteiger partial charge in [-0.05, 0) is 36.4 Å². The van der Waals surface area contributed by atoms with Crippen molar-refractivity contribution in [3.05, 3.63) is 119 Å². The van der Waals surface area contributed by atoms with Crippen LogP contribution in [0.5, 0.6) is 0 Å². The van der Waals surface area contributed by atoms with Crippen molar-refractivity contribution in [3.8, 4) is 6.07 Å². The maximum atomic E-state index is 13.1. The summed E-state index contributed by atoms with van der Waals surface area (Å²) in [5, 5.41) is 14.2. The van der Waals surface area contributed by atoms with Crippen LogP contribution in [0.2, 0.25) is 0 Å². The summed E-state index contributed by atoms with van der Waals surface area (Å²) >= 11 is 0. The second-order valence-electron chi connectivity index (χ2n) is 7.13. The van der Waals surface area contributed by atoms with Gasteiger partial charge in [-0.3, -0.25) is 9.59 Å². The predicted molar refractivity (Wildman–Crippen MR) is 123 cm³/mol. The van der Waals surface area contributed by atoms with Gasteiger partial charge >= 0.3 is 6.18 Å². The van der Waals surface area contributed by atoms with Crippen molar-refractivity contribution in [3.63, 3.8) is 0 Å². The highest BCUT2D eigenvalue weighted by Gasteiger charge is 2.31. The second kappa shape index (κ2) is 10.3. The normalized spacial score (nSPS) is 11.3. The zero-order valence-electron chi connectivity index (χ0n) is 17.7. The van der Waals surface area contributed by atoms with Crippen molar-refractivity contribution < 1.29 is 22.8 Å². The van der Waals surface area contributed by atoms with Crippen molar-refractivity contribution >= 4 is 23.1 Å². The van der Waals surface area contributed by atoms with Crippen LogP contribution in [0.15, 0.2) is 103 Å². The van der Waals surface area contributed by atoms with Crippen molar-refractivity contribution in [1.29, 1.82) is 5.26 Å². The molecule has 0 heterocycles. The van der Waals surface area contributed by atoms with E-state index in [1.54, 1.807) is 42.5 Å². The second-order valence-corrected chi connectivity index (χ2v) is 7.13. The first-order valence-electron chi connectivity index (χ1n) is 9.93. The van der Waals surface area contributed by atoms with Crippen molar-refractivity contribution in [2.45, 2.75) is 6.18 Å². The minimum absolute atomic E-state index is 0.211. The van der Waals surface area contributed by atoms with E-state index >= 15 is 0 Å². The van der Waals surface area contributed by atoms with Gasteiger partial charge in [-0.1, -0.05) is 55.1 Å². The van der Waals surface area contributed by atoms with Crippen LogP contribution < -0.4 is 10.6 Å². The minimum atomic E-state index is -4.75. The van der Waals surface area contributed by atoms with E-state index in [1.807, 2.05) is 6.07 Å². The topological polar surface area (TPSA) is 82.0 Å². The van der Waals surface area contributed by atoms with E-state index in [9.17, 15) is 22.8 Å².